The van der Waals surface area contributed by atoms with E-state index in [0.717, 1.165) is 30.8 Å². The fraction of sp³-hybridized carbons (Fsp3) is 0.381. The topological polar surface area (TPSA) is 27.1 Å². The molecule has 1 aliphatic rings. The molecule has 1 aromatic heterocycles. The molecule has 2 aromatic carbocycles. The van der Waals surface area contributed by atoms with E-state index in [1.165, 1.54) is 35.3 Å². The van der Waals surface area contributed by atoms with Gasteiger partial charge in [0.2, 0.25) is 0 Å². The Bertz CT molecular complexity index is 841. The van der Waals surface area contributed by atoms with Gasteiger partial charge in [-0.1, -0.05) is 18.2 Å². The standard InChI is InChI=1S/C21H24N2O/c1-15-12-16(2)14-18(13-15)24-11-5-10-23-20-7-4-3-6-19(20)22-21(23)17-8-9-17/h3-4,6-7,12-14,17H,5,8-11H2,1-2H3. The van der Waals surface area contributed by atoms with Gasteiger partial charge in [0.15, 0.2) is 0 Å². The lowest BCUT2D eigenvalue weighted by Crippen LogP contribution is -2.07. The number of hydrogen-bond donors (Lipinski definition) is 0. The quantitative estimate of drug-likeness (QED) is 0.598. The van der Waals surface area contributed by atoms with Gasteiger partial charge in [0.25, 0.3) is 0 Å². The first-order chi connectivity index (χ1) is 11.7. The molecule has 0 amide bonds. The Labute approximate surface area is 143 Å². The molecule has 0 saturated heterocycles. The zero-order chi connectivity index (χ0) is 16.5. The lowest BCUT2D eigenvalue weighted by atomic mass is 10.1. The molecule has 1 aliphatic carbocycles. The minimum atomic E-state index is 0.665. The van der Waals surface area contributed by atoms with Gasteiger partial charge >= 0.3 is 0 Å². The van der Waals surface area contributed by atoms with Crippen LogP contribution in [0.2, 0.25) is 0 Å². The summed E-state index contributed by atoms with van der Waals surface area (Å²) in [5, 5.41) is 0. The van der Waals surface area contributed by atoms with Crippen molar-refractivity contribution in [2.45, 2.75) is 45.6 Å². The van der Waals surface area contributed by atoms with E-state index in [1.54, 1.807) is 0 Å². The Kier molecular flexibility index (Phi) is 4.01. The van der Waals surface area contributed by atoms with E-state index < -0.39 is 0 Å². The monoisotopic (exact) mass is 320 g/mol. The minimum Gasteiger partial charge on any atom is -0.494 e. The molecule has 0 spiro atoms. The summed E-state index contributed by atoms with van der Waals surface area (Å²) in [6.45, 7) is 5.93. The number of benzene rings is 2. The number of hydrogen-bond acceptors (Lipinski definition) is 2. The summed E-state index contributed by atoms with van der Waals surface area (Å²) in [6.07, 6.45) is 3.55. The number of imidazole rings is 1. The highest BCUT2D eigenvalue weighted by atomic mass is 16.5. The Morgan fingerprint density at radius 3 is 2.58 bits per heavy atom. The second-order valence-corrected chi connectivity index (χ2v) is 6.91. The Balaban J connectivity index is 1.44. The second-order valence-electron chi connectivity index (χ2n) is 6.91. The molecule has 4 rings (SSSR count). The van der Waals surface area contributed by atoms with E-state index in [1.807, 2.05) is 0 Å². The van der Waals surface area contributed by atoms with Gasteiger partial charge in [-0.2, -0.15) is 0 Å². The summed E-state index contributed by atoms with van der Waals surface area (Å²) >= 11 is 0. The van der Waals surface area contributed by atoms with Crippen LogP contribution in [0.25, 0.3) is 11.0 Å². The fourth-order valence-corrected chi connectivity index (χ4v) is 3.41. The van der Waals surface area contributed by atoms with Crippen molar-refractivity contribution >= 4 is 11.0 Å². The highest BCUT2D eigenvalue weighted by molar-refractivity contribution is 5.76. The van der Waals surface area contributed by atoms with Gasteiger partial charge in [0.05, 0.1) is 17.6 Å². The molecule has 1 fully saturated rings. The summed E-state index contributed by atoms with van der Waals surface area (Å²) in [6, 6.07) is 14.8. The van der Waals surface area contributed by atoms with Gasteiger partial charge in [0.1, 0.15) is 11.6 Å². The van der Waals surface area contributed by atoms with Crippen LogP contribution < -0.4 is 4.74 Å². The molecule has 0 N–H and O–H groups in total. The van der Waals surface area contributed by atoms with Crippen molar-refractivity contribution in [1.82, 2.24) is 9.55 Å². The fourth-order valence-electron chi connectivity index (χ4n) is 3.41. The molecule has 3 aromatic rings. The number of nitrogens with zero attached hydrogens (tertiary/aromatic N) is 2. The molecule has 0 radical (unpaired) electrons. The third-order valence-corrected chi connectivity index (χ3v) is 4.62. The van der Waals surface area contributed by atoms with Crippen LogP contribution in [0.15, 0.2) is 42.5 Å². The van der Waals surface area contributed by atoms with E-state index in [9.17, 15) is 0 Å². The predicted molar refractivity (Wildman–Crippen MR) is 97.7 cm³/mol. The maximum Gasteiger partial charge on any atom is 0.119 e. The van der Waals surface area contributed by atoms with Crippen LogP contribution in [0.3, 0.4) is 0 Å². The van der Waals surface area contributed by atoms with E-state index in [0.29, 0.717) is 5.92 Å². The van der Waals surface area contributed by atoms with Crippen molar-refractivity contribution in [3.63, 3.8) is 0 Å². The summed E-state index contributed by atoms with van der Waals surface area (Å²) in [5.41, 5.74) is 4.88. The van der Waals surface area contributed by atoms with Crippen LogP contribution in [0, 0.1) is 13.8 Å². The molecule has 0 aliphatic heterocycles. The number of fused-ring (bicyclic) bond motifs is 1. The first-order valence-corrected chi connectivity index (χ1v) is 8.87. The van der Waals surface area contributed by atoms with Crippen LogP contribution in [0.1, 0.15) is 42.1 Å². The van der Waals surface area contributed by atoms with Crippen molar-refractivity contribution in [3.8, 4) is 5.75 Å². The molecule has 0 bridgehead atoms. The molecule has 3 nitrogen and oxygen atoms in total. The van der Waals surface area contributed by atoms with Gasteiger partial charge in [0, 0.05) is 12.5 Å². The molecular formula is C21H24N2O. The van der Waals surface area contributed by atoms with Crippen molar-refractivity contribution in [1.29, 1.82) is 0 Å². The SMILES string of the molecule is Cc1cc(C)cc(OCCCn2c(C3CC3)nc3ccccc32)c1. The van der Waals surface area contributed by atoms with E-state index in [-0.39, 0.29) is 0 Å². The average Bonchev–Trinajstić information content (AvgIpc) is 3.33. The number of ether oxygens (including phenoxy) is 1. The largest absolute Gasteiger partial charge is 0.494 e. The van der Waals surface area contributed by atoms with Gasteiger partial charge in [-0.15, -0.1) is 0 Å². The lowest BCUT2D eigenvalue weighted by molar-refractivity contribution is 0.301. The first kappa shape index (κ1) is 15.3. The Morgan fingerprint density at radius 1 is 1.08 bits per heavy atom. The molecule has 1 saturated carbocycles. The number of para-hydroxylation sites is 2. The van der Waals surface area contributed by atoms with Gasteiger partial charge in [-0.25, -0.2) is 4.98 Å². The molecule has 24 heavy (non-hydrogen) atoms. The molecule has 124 valence electrons. The third kappa shape index (κ3) is 3.16. The summed E-state index contributed by atoms with van der Waals surface area (Å²) in [7, 11) is 0. The molecule has 1 heterocycles. The van der Waals surface area contributed by atoms with Gasteiger partial charge < -0.3 is 9.30 Å². The van der Waals surface area contributed by atoms with Crippen molar-refractivity contribution in [3.05, 3.63) is 59.4 Å². The highest BCUT2D eigenvalue weighted by Crippen LogP contribution is 2.40. The average molecular weight is 320 g/mol. The summed E-state index contributed by atoms with van der Waals surface area (Å²) in [4.78, 5) is 4.86. The van der Waals surface area contributed by atoms with E-state index in [2.05, 4.69) is 60.9 Å². The molecule has 0 unspecified atom stereocenters. The summed E-state index contributed by atoms with van der Waals surface area (Å²) in [5.74, 6) is 2.91. The van der Waals surface area contributed by atoms with Crippen molar-refractivity contribution < 1.29 is 4.74 Å². The van der Waals surface area contributed by atoms with Crippen LogP contribution in [0.5, 0.6) is 5.75 Å². The number of aromatic nitrogens is 2. The van der Waals surface area contributed by atoms with E-state index >= 15 is 0 Å². The van der Waals surface area contributed by atoms with Crippen molar-refractivity contribution in [2.75, 3.05) is 6.61 Å². The second kappa shape index (κ2) is 6.31. The Hall–Kier alpha value is -2.29. The first-order valence-electron chi connectivity index (χ1n) is 8.87. The molecule has 0 atom stereocenters. The molecular weight excluding hydrogens is 296 g/mol. The number of aryl methyl sites for hydroxylation is 3. The maximum absolute atomic E-state index is 5.96. The Morgan fingerprint density at radius 2 is 1.83 bits per heavy atom. The smallest absolute Gasteiger partial charge is 0.119 e. The van der Waals surface area contributed by atoms with Crippen LogP contribution >= 0.6 is 0 Å². The number of rotatable bonds is 6. The molecule has 3 heteroatoms. The normalized spacial score (nSPS) is 14.2. The summed E-state index contributed by atoms with van der Waals surface area (Å²) < 4.78 is 8.36. The van der Waals surface area contributed by atoms with Gasteiger partial charge in [-0.05, 0) is 68.5 Å². The minimum absolute atomic E-state index is 0.665. The third-order valence-electron chi connectivity index (χ3n) is 4.62. The van der Waals surface area contributed by atoms with Crippen LogP contribution in [-0.4, -0.2) is 16.2 Å². The predicted octanol–water partition coefficient (Wildman–Crippen LogP) is 5.00. The zero-order valence-corrected chi connectivity index (χ0v) is 14.5. The zero-order valence-electron chi connectivity index (χ0n) is 14.5. The van der Waals surface area contributed by atoms with Crippen LogP contribution in [0.4, 0.5) is 0 Å². The van der Waals surface area contributed by atoms with Gasteiger partial charge in [-0.3, -0.25) is 0 Å². The van der Waals surface area contributed by atoms with E-state index in [4.69, 9.17) is 9.72 Å². The maximum atomic E-state index is 5.96. The lowest BCUT2D eigenvalue weighted by Gasteiger charge is -2.11. The van der Waals surface area contributed by atoms with Crippen molar-refractivity contribution in [2.24, 2.45) is 0 Å². The highest BCUT2D eigenvalue weighted by Gasteiger charge is 2.29. The van der Waals surface area contributed by atoms with Crippen LogP contribution in [-0.2, 0) is 6.54 Å².